The summed E-state index contributed by atoms with van der Waals surface area (Å²) in [4.78, 5) is 26.8. The molecule has 7 heteroatoms. The number of amides is 2. The van der Waals surface area contributed by atoms with Crippen molar-refractivity contribution >= 4 is 44.8 Å². The predicted molar refractivity (Wildman–Crippen MR) is 96.4 cm³/mol. The highest BCUT2D eigenvalue weighted by Gasteiger charge is 2.10. The van der Waals surface area contributed by atoms with Gasteiger partial charge in [-0.2, -0.15) is 0 Å². The third-order valence-electron chi connectivity index (χ3n) is 3.01. The largest absolute Gasteiger partial charge is 0.346 e. The summed E-state index contributed by atoms with van der Waals surface area (Å²) in [6.07, 6.45) is 0. The number of nitrogens with one attached hydrogen (secondary N) is 2. The first kappa shape index (κ1) is 17.7. The maximum atomic E-state index is 11.9. The van der Waals surface area contributed by atoms with Crippen LogP contribution in [0, 0.1) is 0 Å². The zero-order chi connectivity index (χ0) is 16.7. The maximum absolute atomic E-state index is 11.9. The summed E-state index contributed by atoms with van der Waals surface area (Å²) in [6, 6.07) is 11.3. The van der Waals surface area contributed by atoms with Crippen molar-refractivity contribution < 1.29 is 9.59 Å². The van der Waals surface area contributed by atoms with Gasteiger partial charge in [-0.3, -0.25) is 14.5 Å². The van der Waals surface area contributed by atoms with Crippen LogP contribution in [0.5, 0.6) is 0 Å². The second-order valence-electron chi connectivity index (χ2n) is 5.06. The smallest absolute Gasteiger partial charge is 0.243 e. The molecule has 0 aliphatic heterocycles. The number of anilines is 1. The molecule has 2 N–H and O–H groups in total. The fraction of sp³-hybridized carbons (Fsp3) is 0.250. The van der Waals surface area contributed by atoms with Crippen molar-refractivity contribution in [3.63, 3.8) is 0 Å². The standard InChI is InChI=1S/C16H18BrN3O2S/c1-20(10-12-5-4-8-23-12)11-16(22)18-9-15(21)19-14-7-3-2-6-13(14)17/h2-8H,9-11H2,1H3,(H,18,22)(H,19,21). The number of hydrogen-bond donors (Lipinski definition) is 2. The van der Waals surface area contributed by atoms with Crippen LogP contribution in [0.25, 0.3) is 0 Å². The molecule has 1 heterocycles. The Bertz CT molecular complexity index is 661. The number of carbonyl (C=O) groups excluding carboxylic acids is 2. The molecule has 0 spiro atoms. The fourth-order valence-electron chi connectivity index (χ4n) is 1.96. The Hall–Kier alpha value is -1.70. The van der Waals surface area contributed by atoms with Crippen molar-refractivity contribution in [2.75, 3.05) is 25.5 Å². The highest BCUT2D eigenvalue weighted by atomic mass is 79.9. The highest BCUT2D eigenvalue weighted by Crippen LogP contribution is 2.20. The van der Waals surface area contributed by atoms with Crippen LogP contribution in [0.2, 0.25) is 0 Å². The summed E-state index contributed by atoms with van der Waals surface area (Å²) in [5, 5.41) is 7.38. The Morgan fingerprint density at radius 2 is 1.96 bits per heavy atom. The number of likely N-dealkylation sites (N-methyl/N-ethyl adjacent to an activating group) is 1. The molecule has 122 valence electrons. The Morgan fingerprint density at radius 3 is 2.65 bits per heavy atom. The van der Waals surface area contributed by atoms with E-state index in [1.165, 1.54) is 4.88 Å². The van der Waals surface area contributed by atoms with Crippen molar-refractivity contribution in [3.8, 4) is 0 Å². The quantitative estimate of drug-likeness (QED) is 0.757. The molecule has 2 aromatic rings. The number of thiophene rings is 1. The molecule has 5 nitrogen and oxygen atoms in total. The molecule has 1 aromatic carbocycles. The van der Waals surface area contributed by atoms with Crippen molar-refractivity contribution in [1.82, 2.24) is 10.2 Å². The lowest BCUT2D eigenvalue weighted by Crippen LogP contribution is -2.39. The van der Waals surface area contributed by atoms with E-state index in [2.05, 4.69) is 26.6 Å². The predicted octanol–water partition coefficient (Wildman–Crippen LogP) is 2.70. The van der Waals surface area contributed by atoms with E-state index >= 15 is 0 Å². The van der Waals surface area contributed by atoms with Crippen LogP contribution in [0.3, 0.4) is 0 Å². The molecule has 0 saturated carbocycles. The Morgan fingerprint density at radius 1 is 1.17 bits per heavy atom. The summed E-state index contributed by atoms with van der Waals surface area (Å²) in [5.41, 5.74) is 0.682. The van der Waals surface area contributed by atoms with Crippen LogP contribution < -0.4 is 10.6 Å². The average molecular weight is 396 g/mol. The van der Waals surface area contributed by atoms with Gasteiger partial charge in [0.2, 0.25) is 11.8 Å². The van der Waals surface area contributed by atoms with Gasteiger partial charge in [-0.1, -0.05) is 18.2 Å². The Labute approximate surface area is 147 Å². The summed E-state index contributed by atoms with van der Waals surface area (Å²) in [6.45, 7) is 0.918. The van der Waals surface area contributed by atoms with Crippen LogP contribution in [0.1, 0.15) is 4.88 Å². The summed E-state index contributed by atoms with van der Waals surface area (Å²) in [7, 11) is 1.88. The van der Waals surface area contributed by atoms with E-state index < -0.39 is 0 Å². The third kappa shape index (κ3) is 6.13. The van der Waals surface area contributed by atoms with Crippen LogP contribution >= 0.6 is 27.3 Å². The monoisotopic (exact) mass is 395 g/mol. The number of benzene rings is 1. The van der Waals surface area contributed by atoms with Gasteiger partial charge in [0.1, 0.15) is 0 Å². The second-order valence-corrected chi connectivity index (χ2v) is 6.94. The SMILES string of the molecule is CN(CC(=O)NCC(=O)Nc1ccccc1Br)Cc1cccs1. The minimum Gasteiger partial charge on any atom is -0.346 e. The van der Waals surface area contributed by atoms with E-state index in [1.54, 1.807) is 17.4 Å². The van der Waals surface area contributed by atoms with Gasteiger partial charge in [-0.15, -0.1) is 11.3 Å². The summed E-state index contributed by atoms with van der Waals surface area (Å²) in [5.74, 6) is -0.433. The van der Waals surface area contributed by atoms with Gasteiger partial charge >= 0.3 is 0 Å². The van der Waals surface area contributed by atoms with Crippen LogP contribution in [0.15, 0.2) is 46.3 Å². The molecule has 0 atom stereocenters. The van der Waals surface area contributed by atoms with Gasteiger partial charge in [0.15, 0.2) is 0 Å². The van der Waals surface area contributed by atoms with Crippen molar-refractivity contribution in [2.45, 2.75) is 6.54 Å². The molecule has 0 aliphatic rings. The molecule has 0 unspecified atom stereocenters. The molecule has 0 fully saturated rings. The van der Waals surface area contributed by atoms with Crippen molar-refractivity contribution in [3.05, 3.63) is 51.1 Å². The lowest BCUT2D eigenvalue weighted by Gasteiger charge is -2.15. The first-order chi connectivity index (χ1) is 11.0. The van der Waals surface area contributed by atoms with E-state index in [-0.39, 0.29) is 24.9 Å². The molecule has 0 radical (unpaired) electrons. The first-order valence-electron chi connectivity index (χ1n) is 7.06. The molecular weight excluding hydrogens is 378 g/mol. The van der Waals surface area contributed by atoms with E-state index in [9.17, 15) is 9.59 Å². The number of rotatable bonds is 7. The van der Waals surface area contributed by atoms with Crippen LogP contribution in [-0.2, 0) is 16.1 Å². The molecule has 0 bridgehead atoms. The van der Waals surface area contributed by atoms with Gasteiger partial charge < -0.3 is 10.6 Å². The van der Waals surface area contributed by atoms with E-state index in [0.29, 0.717) is 12.2 Å². The van der Waals surface area contributed by atoms with Gasteiger partial charge in [0.05, 0.1) is 18.8 Å². The molecule has 2 amide bonds. The topological polar surface area (TPSA) is 61.4 Å². The van der Waals surface area contributed by atoms with E-state index in [0.717, 1.165) is 4.47 Å². The minimum absolute atomic E-state index is 0.0486. The number of halogens is 1. The fourth-order valence-corrected chi connectivity index (χ4v) is 3.13. The van der Waals surface area contributed by atoms with Gasteiger partial charge in [0.25, 0.3) is 0 Å². The van der Waals surface area contributed by atoms with Crippen molar-refractivity contribution in [1.29, 1.82) is 0 Å². The Kier molecular flexibility index (Phi) is 6.76. The lowest BCUT2D eigenvalue weighted by atomic mass is 10.3. The maximum Gasteiger partial charge on any atom is 0.243 e. The van der Waals surface area contributed by atoms with Crippen molar-refractivity contribution in [2.24, 2.45) is 0 Å². The number of nitrogens with zero attached hydrogens (tertiary/aromatic N) is 1. The second kappa shape index (κ2) is 8.81. The minimum atomic E-state index is -0.258. The third-order valence-corrected chi connectivity index (χ3v) is 4.57. The van der Waals surface area contributed by atoms with E-state index in [4.69, 9.17) is 0 Å². The molecule has 23 heavy (non-hydrogen) atoms. The Balaban J connectivity index is 1.71. The molecule has 0 aliphatic carbocycles. The molecule has 2 rings (SSSR count). The van der Waals surface area contributed by atoms with Gasteiger partial charge in [0, 0.05) is 15.9 Å². The lowest BCUT2D eigenvalue weighted by molar-refractivity contribution is -0.124. The highest BCUT2D eigenvalue weighted by molar-refractivity contribution is 9.10. The summed E-state index contributed by atoms with van der Waals surface area (Å²) >= 11 is 5.02. The van der Waals surface area contributed by atoms with Crippen LogP contribution in [0.4, 0.5) is 5.69 Å². The molecular formula is C16H18BrN3O2S. The number of hydrogen-bond acceptors (Lipinski definition) is 4. The van der Waals surface area contributed by atoms with Crippen LogP contribution in [-0.4, -0.2) is 36.9 Å². The van der Waals surface area contributed by atoms with Gasteiger partial charge in [-0.25, -0.2) is 0 Å². The molecule has 0 saturated heterocycles. The number of carbonyl (C=O) groups is 2. The first-order valence-corrected chi connectivity index (χ1v) is 8.74. The zero-order valence-electron chi connectivity index (χ0n) is 12.7. The zero-order valence-corrected chi connectivity index (χ0v) is 15.1. The molecule has 1 aromatic heterocycles. The average Bonchev–Trinajstić information content (AvgIpc) is 3.00. The van der Waals surface area contributed by atoms with E-state index in [1.807, 2.05) is 47.7 Å². The normalized spacial score (nSPS) is 10.6. The summed E-state index contributed by atoms with van der Waals surface area (Å²) < 4.78 is 0.801. The number of para-hydroxylation sites is 1. The van der Waals surface area contributed by atoms with Gasteiger partial charge in [-0.05, 0) is 46.6 Å².